The zero-order chi connectivity index (χ0) is 9.68. The van der Waals surface area contributed by atoms with Gasteiger partial charge in [-0.1, -0.05) is 18.2 Å². The highest BCUT2D eigenvalue weighted by Crippen LogP contribution is 2.25. The number of benzene rings is 1. The predicted molar refractivity (Wildman–Crippen MR) is 59.0 cm³/mol. The van der Waals surface area contributed by atoms with Gasteiger partial charge in [0.15, 0.2) is 0 Å². The lowest BCUT2D eigenvalue weighted by molar-refractivity contribution is 0.224. The van der Waals surface area contributed by atoms with Crippen LogP contribution in [-0.4, -0.2) is 6.10 Å². The van der Waals surface area contributed by atoms with Gasteiger partial charge in [0.2, 0.25) is 0 Å². The molecule has 0 fully saturated rings. The van der Waals surface area contributed by atoms with E-state index in [1.807, 2.05) is 37.3 Å². The molecule has 0 spiro atoms. The maximum Gasteiger partial charge on any atom is 0.133 e. The molecule has 0 aliphatic heterocycles. The van der Waals surface area contributed by atoms with Crippen molar-refractivity contribution in [2.75, 3.05) is 0 Å². The Kier molecular flexibility index (Phi) is 4.03. The molecule has 0 saturated carbocycles. The first-order valence-corrected chi connectivity index (χ1v) is 5.05. The Labute approximate surface area is 87.5 Å². The second-order valence-electron chi connectivity index (χ2n) is 2.88. The highest BCUT2D eigenvalue weighted by molar-refractivity contribution is 9.10. The van der Waals surface area contributed by atoms with Crippen molar-refractivity contribution >= 4 is 15.9 Å². The van der Waals surface area contributed by atoms with Crippen LogP contribution in [0.5, 0.6) is 5.75 Å². The van der Waals surface area contributed by atoms with E-state index in [0.29, 0.717) is 0 Å². The van der Waals surface area contributed by atoms with Gasteiger partial charge >= 0.3 is 0 Å². The number of para-hydroxylation sites is 1. The summed E-state index contributed by atoms with van der Waals surface area (Å²) in [4.78, 5) is 0. The first-order valence-electron chi connectivity index (χ1n) is 4.26. The minimum absolute atomic E-state index is 0.177. The fourth-order valence-corrected chi connectivity index (χ4v) is 1.42. The summed E-state index contributed by atoms with van der Waals surface area (Å²) in [6.07, 6.45) is 2.90. The van der Waals surface area contributed by atoms with Crippen LogP contribution in [-0.2, 0) is 0 Å². The summed E-state index contributed by atoms with van der Waals surface area (Å²) in [5.41, 5.74) is 0. The van der Waals surface area contributed by atoms with E-state index in [0.717, 1.165) is 16.6 Å². The van der Waals surface area contributed by atoms with Gasteiger partial charge in [-0.15, -0.1) is 6.58 Å². The lowest BCUT2D eigenvalue weighted by atomic mass is 10.3. The summed E-state index contributed by atoms with van der Waals surface area (Å²) in [5.74, 6) is 0.886. The highest BCUT2D eigenvalue weighted by Gasteiger charge is 2.03. The van der Waals surface area contributed by atoms with Crippen molar-refractivity contribution in [2.24, 2.45) is 0 Å². The smallest absolute Gasteiger partial charge is 0.133 e. The van der Waals surface area contributed by atoms with E-state index in [1.165, 1.54) is 0 Å². The van der Waals surface area contributed by atoms with Gasteiger partial charge in [-0.2, -0.15) is 0 Å². The molecule has 0 aliphatic carbocycles. The topological polar surface area (TPSA) is 9.23 Å². The van der Waals surface area contributed by atoms with E-state index < -0.39 is 0 Å². The van der Waals surface area contributed by atoms with Gasteiger partial charge in [0, 0.05) is 6.42 Å². The lowest BCUT2D eigenvalue weighted by Crippen LogP contribution is -2.10. The lowest BCUT2D eigenvalue weighted by Gasteiger charge is -2.13. The van der Waals surface area contributed by atoms with Crippen molar-refractivity contribution < 1.29 is 4.74 Å². The predicted octanol–water partition coefficient (Wildman–Crippen LogP) is 3.79. The molecule has 0 heterocycles. The molecular formula is C11H13BrO. The normalized spacial score (nSPS) is 12.2. The molecule has 13 heavy (non-hydrogen) atoms. The Balaban J connectivity index is 2.63. The second-order valence-corrected chi connectivity index (χ2v) is 3.74. The highest BCUT2D eigenvalue weighted by atomic mass is 79.9. The molecule has 0 bridgehead atoms. The van der Waals surface area contributed by atoms with Crippen LogP contribution in [0, 0.1) is 0 Å². The maximum atomic E-state index is 5.67. The zero-order valence-electron chi connectivity index (χ0n) is 7.66. The van der Waals surface area contributed by atoms with Gasteiger partial charge < -0.3 is 4.74 Å². The second kappa shape index (κ2) is 5.07. The number of hydrogen-bond acceptors (Lipinski definition) is 1. The molecule has 1 aromatic rings. The summed E-state index contributed by atoms with van der Waals surface area (Å²) in [6, 6.07) is 7.84. The van der Waals surface area contributed by atoms with E-state index >= 15 is 0 Å². The van der Waals surface area contributed by atoms with E-state index in [4.69, 9.17) is 4.74 Å². The summed E-state index contributed by atoms with van der Waals surface area (Å²) in [6.45, 7) is 5.70. The standard InChI is InChI=1S/C11H13BrO/c1-3-6-9(2)13-11-8-5-4-7-10(11)12/h3-5,7-9H,1,6H2,2H3. The van der Waals surface area contributed by atoms with Crippen LogP contribution in [0.2, 0.25) is 0 Å². The maximum absolute atomic E-state index is 5.67. The molecule has 2 heteroatoms. The third kappa shape index (κ3) is 3.23. The van der Waals surface area contributed by atoms with Crippen LogP contribution < -0.4 is 4.74 Å². The van der Waals surface area contributed by atoms with E-state index in [1.54, 1.807) is 0 Å². The molecule has 70 valence electrons. The van der Waals surface area contributed by atoms with Crippen LogP contribution in [0.15, 0.2) is 41.4 Å². The third-order valence-corrected chi connectivity index (χ3v) is 2.32. The molecule has 0 saturated heterocycles. The molecular weight excluding hydrogens is 228 g/mol. The average molecular weight is 241 g/mol. The molecule has 1 nitrogen and oxygen atoms in total. The summed E-state index contributed by atoms with van der Waals surface area (Å²) >= 11 is 3.43. The number of hydrogen-bond donors (Lipinski definition) is 0. The van der Waals surface area contributed by atoms with Gasteiger partial charge in [-0.05, 0) is 35.0 Å². The molecule has 1 rings (SSSR count). The Morgan fingerprint density at radius 3 is 2.85 bits per heavy atom. The van der Waals surface area contributed by atoms with Crippen LogP contribution >= 0.6 is 15.9 Å². The van der Waals surface area contributed by atoms with Crippen LogP contribution in [0.4, 0.5) is 0 Å². The fourth-order valence-electron chi connectivity index (χ4n) is 1.04. The minimum atomic E-state index is 0.177. The largest absolute Gasteiger partial charge is 0.489 e. The zero-order valence-corrected chi connectivity index (χ0v) is 9.25. The molecule has 1 atom stereocenters. The first kappa shape index (κ1) is 10.3. The van der Waals surface area contributed by atoms with Gasteiger partial charge in [0.1, 0.15) is 5.75 Å². The van der Waals surface area contributed by atoms with E-state index in [9.17, 15) is 0 Å². The van der Waals surface area contributed by atoms with Crippen LogP contribution in [0.3, 0.4) is 0 Å². The molecule has 0 radical (unpaired) electrons. The summed E-state index contributed by atoms with van der Waals surface area (Å²) < 4.78 is 6.66. The Morgan fingerprint density at radius 2 is 2.23 bits per heavy atom. The van der Waals surface area contributed by atoms with Gasteiger partial charge in [-0.3, -0.25) is 0 Å². The fraction of sp³-hybridized carbons (Fsp3) is 0.273. The van der Waals surface area contributed by atoms with Crippen molar-refractivity contribution in [2.45, 2.75) is 19.4 Å². The number of rotatable bonds is 4. The van der Waals surface area contributed by atoms with E-state index in [2.05, 4.69) is 22.5 Å². The average Bonchev–Trinajstić information content (AvgIpc) is 2.09. The first-order chi connectivity index (χ1) is 6.24. The number of halogens is 1. The molecule has 0 aliphatic rings. The van der Waals surface area contributed by atoms with Gasteiger partial charge in [0.25, 0.3) is 0 Å². The van der Waals surface area contributed by atoms with Crippen molar-refractivity contribution in [1.29, 1.82) is 0 Å². The molecule has 0 N–H and O–H groups in total. The van der Waals surface area contributed by atoms with Crippen LogP contribution in [0.1, 0.15) is 13.3 Å². The van der Waals surface area contributed by atoms with Crippen LogP contribution in [0.25, 0.3) is 0 Å². The molecule has 1 aromatic carbocycles. The van der Waals surface area contributed by atoms with Gasteiger partial charge in [-0.25, -0.2) is 0 Å². The SMILES string of the molecule is C=CCC(C)Oc1ccccc1Br. The van der Waals surface area contributed by atoms with Crippen molar-refractivity contribution in [3.8, 4) is 5.75 Å². The quantitative estimate of drug-likeness (QED) is 0.728. The van der Waals surface area contributed by atoms with Crippen molar-refractivity contribution in [3.63, 3.8) is 0 Å². The minimum Gasteiger partial charge on any atom is -0.489 e. The monoisotopic (exact) mass is 240 g/mol. The summed E-state index contributed by atoms with van der Waals surface area (Å²) in [5, 5.41) is 0. The number of ether oxygens (including phenoxy) is 1. The third-order valence-electron chi connectivity index (χ3n) is 1.66. The van der Waals surface area contributed by atoms with E-state index in [-0.39, 0.29) is 6.10 Å². The van der Waals surface area contributed by atoms with Crippen molar-refractivity contribution in [1.82, 2.24) is 0 Å². The molecule has 1 unspecified atom stereocenters. The summed E-state index contributed by atoms with van der Waals surface area (Å²) in [7, 11) is 0. The molecule has 0 amide bonds. The Bertz CT molecular complexity index is 283. The van der Waals surface area contributed by atoms with Crippen molar-refractivity contribution in [3.05, 3.63) is 41.4 Å². The molecule has 0 aromatic heterocycles. The van der Waals surface area contributed by atoms with Gasteiger partial charge in [0.05, 0.1) is 10.6 Å². The Morgan fingerprint density at radius 1 is 1.54 bits per heavy atom. The Hall–Kier alpha value is -0.760.